The van der Waals surface area contributed by atoms with Crippen molar-refractivity contribution in [1.82, 2.24) is 4.98 Å². The maximum atomic E-state index is 12.1. The first-order valence-electron chi connectivity index (χ1n) is 6.70. The van der Waals surface area contributed by atoms with Gasteiger partial charge in [0.05, 0.1) is 19.2 Å². The van der Waals surface area contributed by atoms with E-state index in [-0.39, 0.29) is 17.3 Å². The zero-order chi connectivity index (χ0) is 18.4. The Morgan fingerprint density at radius 1 is 1.20 bits per heavy atom. The fraction of sp³-hybridized carbons (Fsp3) is 0.214. The lowest BCUT2D eigenvalue weighted by molar-refractivity contribution is -0.274. The number of benzene rings is 1. The van der Waals surface area contributed by atoms with Crippen LogP contribution in [-0.2, 0) is 16.0 Å². The number of hydrogen-bond acceptors (Lipinski definition) is 6. The third-order valence-electron chi connectivity index (χ3n) is 2.66. The average molecular weight is 375 g/mol. The number of alkyl halides is 3. The first-order chi connectivity index (χ1) is 11.7. The van der Waals surface area contributed by atoms with Crippen molar-refractivity contribution in [3.05, 3.63) is 35.3 Å². The highest BCUT2D eigenvalue weighted by molar-refractivity contribution is 7.13. The number of carbonyl (C=O) groups is 2. The Hall–Kier alpha value is -2.82. The highest BCUT2D eigenvalue weighted by atomic mass is 32.1. The van der Waals surface area contributed by atoms with E-state index >= 15 is 0 Å². The molecule has 25 heavy (non-hydrogen) atoms. The van der Waals surface area contributed by atoms with Crippen molar-refractivity contribution >= 4 is 34.2 Å². The molecule has 0 aliphatic carbocycles. The Morgan fingerprint density at radius 2 is 1.88 bits per heavy atom. The van der Waals surface area contributed by atoms with Crippen LogP contribution in [0.3, 0.4) is 0 Å². The van der Waals surface area contributed by atoms with E-state index < -0.39 is 18.4 Å². The number of rotatable bonds is 5. The number of aromatic nitrogens is 1. The summed E-state index contributed by atoms with van der Waals surface area (Å²) >= 11 is 1.12. The fourth-order valence-corrected chi connectivity index (χ4v) is 2.39. The van der Waals surface area contributed by atoms with E-state index in [4.69, 9.17) is 0 Å². The van der Waals surface area contributed by atoms with Crippen LogP contribution >= 0.6 is 11.3 Å². The number of halogens is 3. The van der Waals surface area contributed by atoms with Gasteiger partial charge < -0.3 is 14.8 Å². The molecular weight excluding hydrogens is 363 g/mol. The molecule has 2 N–H and O–H groups in total. The van der Waals surface area contributed by atoms with Crippen LogP contribution in [0.15, 0.2) is 29.6 Å². The predicted molar refractivity (Wildman–Crippen MR) is 83.6 cm³/mol. The maximum Gasteiger partial charge on any atom is 0.573 e. The van der Waals surface area contributed by atoms with Crippen LogP contribution in [0.2, 0.25) is 0 Å². The van der Waals surface area contributed by atoms with Gasteiger partial charge in [0.25, 0.3) is 0 Å². The number of nitrogens with zero attached hydrogens (tertiary/aromatic N) is 1. The molecule has 2 aromatic rings. The van der Waals surface area contributed by atoms with Gasteiger partial charge in [0, 0.05) is 11.1 Å². The number of amides is 2. The van der Waals surface area contributed by atoms with Gasteiger partial charge in [0.15, 0.2) is 5.13 Å². The Balaban J connectivity index is 1.89. The minimum Gasteiger partial charge on any atom is -0.453 e. The summed E-state index contributed by atoms with van der Waals surface area (Å²) in [4.78, 5) is 27.0. The normalized spacial score (nSPS) is 10.9. The van der Waals surface area contributed by atoms with Crippen LogP contribution in [0.25, 0.3) is 0 Å². The van der Waals surface area contributed by atoms with Gasteiger partial charge in [-0.1, -0.05) is 0 Å². The Labute approximate surface area is 143 Å². The Kier molecular flexibility index (Phi) is 5.80. The number of ether oxygens (including phenoxy) is 2. The smallest absolute Gasteiger partial charge is 0.453 e. The van der Waals surface area contributed by atoms with Gasteiger partial charge >= 0.3 is 12.5 Å². The first kappa shape index (κ1) is 18.5. The summed E-state index contributed by atoms with van der Waals surface area (Å²) in [7, 11) is 1.21. The lowest BCUT2D eigenvalue weighted by Crippen LogP contribution is -2.17. The number of hydrogen-bond donors (Lipinski definition) is 2. The molecule has 1 heterocycles. The van der Waals surface area contributed by atoms with E-state index in [2.05, 4.69) is 25.1 Å². The molecule has 2 amide bonds. The molecule has 0 spiro atoms. The molecule has 0 bridgehead atoms. The van der Waals surface area contributed by atoms with Crippen LogP contribution < -0.4 is 15.4 Å². The Bertz CT molecular complexity index is 747. The largest absolute Gasteiger partial charge is 0.573 e. The van der Waals surface area contributed by atoms with Crippen LogP contribution in [0.1, 0.15) is 5.69 Å². The standard InChI is InChI=1S/C14H12F3N3O4S/c1-23-13(22)20-12-19-9(7-25-12)6-11(21)18-8-2-4-10(5-3-8)24-14(15,16)17/h2-5,7H,6H2,1H3,(H,18,21)(H,19,20,22). The Morgan fingerprint density at radius 3 is 2.48 bits per heavy atom. The van der Waals surface area contributed by atoms with Gasteiger partial charge in [-0.3, -0.25) is 10.1 Å². The van der Waals surface area contributed by atoms with Crippen molar-refractivity contribution in [1.29, 1.82) is 0 Å². The van der Waals surface area contributed by atoms with E-state index in [0.29, 0.717) is 11.4 Å². The van der Waals surface area contributed by atoms with E-state index in [1.165, 1.54) is 19.2 Å². The fourth-order valence-electron chi connectivity index (χ4n) is 1.69. The van der Waals surface area contributed by atoms with Crippen molar-refractivity contribution < 1.29 is 32.2 Å². The minimum atomic E-state index is -4.77. The van der Waals surface area contributed by atoms with Crippen LogP contribution in [0, 0.1) is 0 Å². The van der Waals surface area contributed by atoms with Crippen molar-refractivity contribution in [3.63, 3.8) is 0 Å². The molecule has 0 atom stereocenters. The molecule has 0 unspecified atom stereocenters. The number of carbonyl (C=O) groups excluding carboxylic acids is 2. The van der Waals surface area contributed by atoms with E-state index in [0.717, 1.165) is 23.5 Å². The van der Waals surface area contributed by atoms with Gasteiger partial charge in [-0.05, 0) is 24.3 Å². The van der Waals surface area contributed by atoms with Crippen LogP contribution in [-0.4, -0.2) is 30.5 Å². The van der Waals surface area contributed by atoms with Gasteiger partial charge in [0.1, 0.15) is 5.75 Å². The van der Waals surface area contributed by atoms with Gasteiger partial charge in [-0.25, -0.2) is 9.78 Å². The topological polar surface area (TPSA) is 89.5 Å². The third kappa shape index (κ3) is 6.30. The summed E-state index contributed by atoms with van der Waals surface area (Å²) < 4.78 is 44.4. The molecule has 2 rings (SSSR count). The van der Waals surface area contributed by atoms with E-state index in [1.54, 1.807) is 5.38 Å². The predicted octanol–water partition coefficient (Wildman–Crippen LogP) is 3.40. The van der Waals surface area contributed by atoms with Gasteiger partial charge in [-0.2, -0.15) is 0 Å². The summed E-state index contributed by atoms with van der Waals surface area (Å²) in [5.74, 6) is -0.803. The number of nitrogens with one attached hydrogen (secondary N) is 2. The molecule has 7 nitrogen and oxygen atoms in total. The molecule has 0 aliphatic heterocycles. The molecular formula is C14H12F3N3O4S. The highest BCUT2D eigenvalue weighted by Gasteiger charge is 2.30. The summed E-state index contributed by atoms with van der Waals surface area (Å²) in [6.07, 6.45) is -5.52. The summed E-state index contributed by atoms with van der Waals surface area (Å²) in [5.41, 5.74) is 0.730. The second-order valence-electron chi connectivity index (χ2n) is 4.56. The molecule has 1 aromatic carbocycles. The van der Waals surface area contributed by atoms with E-state index in [9.17, 15) is 22.8 Å². The molecule has 0 radical (unpaired) electrons. The maximum absolute atomic E-state index is 12.1. The summed E-state index contributed by atoms with van der Waals surface area (Å²) in [5, 5.41) is 6.76. The lowest BCUT2D eigenvalue weighted by Gasteiger charge is -2.09. The highest BCUT2D eigenvalue weighted by Crippen LogP contribution is 2.24. The van der Waals surface area contributed by atoms with E-state index in [1.807, 2.05) is 0 Å². The minimum absolute atomic E-state index is 0.0693. The number of methoxy groups -OCH3 is 1. The molecule has 134 valence electrons. The molecule has 11 heteroatoms. The molecule has 0 saturated heterocycles. The second-order valence-corrected chi connectivity index (χ2v) is 5.42. The van der Waals surface area contributed by atoms with Crippen LogP contribution in [0.4, 0.5) is 28.8 Å². The van der Waals surface area contributed by atoms with Crippen molar-refractivity contribution in [2.24, 2.45) is 0 Å². The quantitative estimate of drug-likeness (QED) is 0.836. The number of anilines is 2. The van der Waals surface area contributed by atoms with Crippen molar-refractivity contribution in [2.45, 2.75) is 12.8 Å². The average Bonchev–Trinajstić information content (AvgIpc) is 2.94. The molecule has 1 aromatic heterocycles. The lowest BCUT2D eigenvalue weighted by atomic mass is 10.2. The molecule has 0 saturated carbocycles. The zero-order valence-electron chi connectivity index (χ0n) is 12.7. The SMILES string of the molecule is COC(=O)Nc1nc(CC(=O)Nc2ccc(OC(F)(F)F)cc2)cs1. The molecule has 0 aliphatic rings. The second kappa shape index (κ2) is 7.83. The van der Waals surface area contributed by atoms with Crippen molar-refractivity contribution in [3.8, 4) is 5.75 Å². The van der Waals surface area contributed by atoms with Gasteiger partial charge in [-0.15, -0.1) is 24.5 Å². The summed E-state index contributed by atoms with van der Waals surface area (Å²) in [6.45, 7) is 0. The number of thiazole rings is 1. The van der Waals surface area contributed by atoms with Gasteiger partial charge in [0.2, 0.25) is 5.91 Å². The zero-order valence-corrected chi connectivity index (χ0v) is 13.5. The molecule has 0 fully saturated rings. The van der Waals surface area contributed by atoms with Crippen LogP contribution in [0.5, 0.6) is 5.75 Å². The first-order valence-corrected chi connectivity index (χ1v) is 7.58. The monoisotopic (exact) mass is 375 g/mol. The van der Waals surface area contributed by atoms with Crippen molar-refractivity contribution in [2.75, 3.05) is 17.7 Å². The third-order valence-corrected chi connectivity index (χ3v) is 3.47. The summed E-state index contributed by atoms with van der Waals surface area (Å²) in [6, 6.07) is 4.74.